The highest BCUT2D eigenvalue weighted by molar-refractivity contribution is 6.31. The van der Waals surface area contributed by atoms with Gasteiger partial charge in [-0.2, -0.15) is 0 Å². The fourth-order valence-corrected chi connectivity index (χ4v) is 3.16. The second kappa shape index (κ2) is 7.20. The van der Waals surface area contributed by atoms with Crippen LogP contribution in [0.4, 0.5) is 5.69 Å². The molecule has 1 N–H and O–H groups in total. The number of aliphatic hydroxyl groups is 1. The third-order valence-electron chi connectivity index (χ3n) is 3.98. The zero-order chi connectivity index (χ0) is 15.4. The van der Waals surface area contributed by atoms with Crippen molar-refractivity contribution in [3.05, 3.63) is 38.9 Å². The minimum atomic E-state index is -0.438. The van der Waals surface area contributed by atoms with Crippen LogP contribution in [0.2, 0.25) is 5.02 Å². The molecular formula is C15H21ClN2O3. The van der Waals surface area contributed by atoms with Crippen LogP contribution in [0, 0.1) is 10.1 Å². The average molecular weight is 313 g/mol. The quantitative estimate of drug-likeness (QED) is 0.668. The molecule has 5 nitrogen and oxygen atoms in total. The van der Waals surface area contributed by atoms with E-state index in [1.165, 1.54) is 18.6 Å². The molecule has 1 aliphatic heterocycles. The summed E-state index contributed by atoms with van der Waals surface area (Å²) in [7, 11) is 0. The summed E-state index contributed by atoms with van der Waals surface area (Å²) < 4.78 is 0. The largest absolute Gasteiger partial charge is 0.393 e. The zero-order valence-corrected chi connectivity index (χ0v) is 12.9. The van der Waals surface area contributed by atoms with Gasteiger partial charge in [0.2, 0.25) is 0 Å². The molecule has 0 amide bonds. The SMILES string of the molecule is CC(O)CC1CCCCN1Cc1ccc([N+](=O)[O-])cc1Cl. The van der Waals surface area contributed by atoms with Gasteiger partial charge >= 0.3 is 0 Å². The maximum Gasteiger partial charge on any atom is 0.270 e. The van der Waals surface area contributed by atoms with E-state index in [0.717, 1.165) is 31.4 Å². The molecule has 0 aromatic heterocycles. The Hall–Kier alpha value is -1.17. The number of hydrogen-bond acceptors (Lipinski definition) is 4. The van der Waals surface area contributed by atoms with Crippen LogP contribution in [0.15, 0.2) is 18.2 Å². The molecule has 0 spiro atoms. The number of hydrogen-bond donors (Lipinski definition) is 1. The number of nitro groups is 1. The summed E-state index contributed by atoms with van der Waals surface area (Å²) in [5.41, 5.74) is 0.919. The van der Waals surface area contributed by atoms with Gasteiger partial charge in [-0.25, -0.2) is 0 Å². The molecule has 1 heterocycles. The fraction of sp³-hybridized carbons (Fsp3) is 0.600. The van der Waals surface area contributed by atoms with E-state index < -0.39 is 4.92 Å². The van der Waals surface area contributed by atoms with Crippen LogP contribution < -0.4 is 0 Å². The Morgan fingerprint density at radius 1 is 1.52 bits per heavy atom. The van der Waals surface area contributed by atoms with Gasteiger partial charge in [0.15, 0.2) is 0 Å². The summed E-state index contributed by atoms with van der Waals surface area (Å²) in [6, 6.07) is 4.98. The third-order valence-corrected chi connectivity index (χ3v) is 4.34. The summed E-state index contributed by atoms with van der Waals surface area (Å²) in [5.74, 6) is 0. The van der Waals surface area contributed by atoms with Crippen LogP contribution >= 0.6 is 11.6 Å². The van der Waals surface area contributed by atoms with Gasteiger partial charge in [-0.15, -0.1) is 0 Å². The van der Waals surface area contributed by atoms with E-state index in [1.807, 2.05) is 6.92 Å². The van der Waals surface area contributed by atoms with Gasteiger partial charge in [0.05, 0.1) is 16.0 Å². The lowest BCUT2D eigenvalue weighted by atomic mass is 9.96. The molecule has 116 valence electrons. The van der Waals surface area contributed by atoms with Gasteiger partial charge < -0.3 is 5.11 Å². The molecule has 0 radical (unpaired) electrons. The fourth-order valence-electron chi connectivity index (χ4n) is 2.93. The molecule has 2 atom stereocenters. The standard InChI is InChI=1S/C15H21ClN2O3/c1-11(19)8-13-4-2-3-7-17(13)10-12-5-6-14(18(20)21)9-15(12)16/h5-6,9,11,13,19H,2-4,7-8,10H2,1H3. The summed E-state index contributed by atoms with van der Waals surface area (Å²) >= 11 is 6.17. The Balaban J connectivity index is 2.10. The van der Waals surface area contributed by atoms with Crippen molar-refractivity contribution in [2.24, 2.45) is 0 Å². The van der Waals surface area contributed by atoms with Crippen LogP contribution in [-0.4, -0.2) is 33.6 Å². The molecule has 1 aromatic rings. The van der Waals surface area contributed by atoms with Crippen molar-refractivity contribution in [2.75, 3.05) is 6.54 Å². The summed E-state index contributed by atoms with van der Waals surface area (Å²) in [6.07, 6.45) is 3.84. The Bertz CT molecular complexity index is 508. The third kappa shape index (κ3) is 4.40. The zero-order valence-electron chi connectivity index (χ0n) is 12.2. The lowest BCUT2D eigenvalue weighted by Gasteiger charge is -2.36. The van der Waals surface area contributed by atoms with Gasteiger partial charge in [0, 0.05) is 24.7 Å². The summed E-state index contributed by atoms with van der Waals surface area (Å²) in [5, 5.41) is 20.8. The number of piperidine rings is 1. The smallest absolute Gasteiger partial charge is 0.270 e. The molecule has 0 aliphatic carbocycles. The predicted octanol–water partition coefficient (Wildman–Crippen LogP) is 3.37. The molecule has 1 saturated heterocycles. The van der Waals surface area contributed by atoms with Gasteiger partial charge in [0.1, 0.15) is 0 Å². The van der Waals surface area contributed by atoms with Crippen molar-refractivity contribution in [1.29, 1.82) is 0 Å². The highest BCUT2D eigenvalue weighted by Crippen LogP contribution is 2.27. The molecule has 1 aliphatic rings. The van der Waals surface area contributed by atoms with Crippen LogP contribution in [-0.2, 0) is 6.54 Å². The van der Waals surface area contributed by atoms with Gasteiger partial charge in [-0.1, -0.05) is 18.0 Å². The average Bonchev–Trinajstić information content (AvgIpc) is 2.42. The number of nitrogens with zero attached hydrogens (tertiary/aromatic N) is 2. The van der Waals surface area contributed by atoms with Crippen LogP contribution in [0.5, 0.6) is 0 Å². The molecule has 0 bridgehead atoms. The minimum Gasteiger partial charge on any atom is -0.393 e. The minimum absolute atomic E-state index is 0.0166. The maximum atomic E-state index is 10.7. The maximum absolute atomic E-state index is 10.7. The molecule has 21 heavy (non-hydrogen) atoms. The van der Waals surface area contributed by atoms with Crippen LogP contribution in [0.3, 0.4) is 0 Å². The molecular weight excluding hydrogens is 292 g/mol. The van der Waals surface area contributed by atoms with E-state index in [0.29, 0.717) is 17.6 Å². The Labute approximate surface area is 129 Å². The van der Waals surface area contributed by atoms with Crippen molar-refractivity contribution >= 4 is 17.3 Å². The first kappa shape index (κ1) is 16.2. The lowest BCUT2D eigenvalue weighted by molar-refractivity contribution is -0.384. The van der Waals surface area contributed by atoms with E-state index in [-0.39, 0.29) is 11.8 Å². The van der Waals surface area contributed by atoms with Crippen LogP contribution in [0.25, 0.3) is 0 Å². The Morgan fingerprint density at radius 2 is 2.29 bits per heavy atom. The van der Waals surface area contributed by atoms with E-state index in [9.17, 15) is 15.2 Å². The van der Waals surface area contributed by atoms with E-state index in [1.54, 1.807) is 6.07 Å². The summed E-state index contributed by atoms with van der Waals surface area (Å²) in [6.45, 7) is 3.46. The monoisotopic (exact) mass is 312 g/mol. The first-order valence-electron chi connectivity index (χ1n) is 7.32. The molecule has 6 heteroatoms. The van der Waals surface area contributed by atoms with Crippen molar-refractivity contribution in [3.8, 4) is 0 Å². The van der Waals surface area contributed by atoms with Crippen molar-refractivity contribution in [2.45, 2.75) is 51.3 Å². The second-order valence-corrected chi connectivity index (χ2v) is 6.14. The molecule has 2 rings (SSSR count). The van der Waals surface area contributed by atoms with E-state index >= 15 is 0 Å². The first-order chi connectivity index (χ1) is 9.97. The van der Waals surface area contributed by atoms with E-state index in [2.05, 4.69) is 4.90 Å². The topological polar surface area (TPSA) is 66.6 Å². The lowest BCUT2D eigenvalue weighted by Crippen LogP contribution is -2.40. The van der Waals surface area contributed by atoms with Crippen molar-refractivity contribution in [3.63, 3.8) is 0 Å². The van der Waals surface area contributed by atoms with Gasteiger partial charge in [-0.05, 0) is 44.4 Å². The number of non-ortho nitro benzene ring substituents is 1. The number of benzene rings is 1. The second-order valence-electron chi connectivity index (χ2n) is 5.74. The number of rotatable bonds is 5. The Kier molecular flexibility index (Phi) is 5.56. The van der Waals surface area contributed by atoms with E-state index in [4.69, 9.17) is 11.6 Å². The molecule has 1 fully saturated rings. The highest BCUT2D eigenvalue weighted by atomic mass is 35.5. The normalized spacial score (nSPS) is 21.2. The first-order valence-corrected chi connectivity index (χ1v) is 7.70. The van der Waals surface area contributed by atoms with Crippen LogP contribution in [0.1, 0.15) is 38.2 Å². The number of halogens is 1. The number of aliphatic hydroxyl groups excluding tert-OH is 1. The summed E-state index contributed by atoms with van der Waals surface area (Å²) in [4.78, 5) is 12.6. The predicted molar refractivity (Wildman–Crippen MR) is 82.5 cm³/mol. The highest BCUT2D eigenvalue weighted by Gasteiger charge is 2.24. The Morgan fingerprint density at radius 3 is 2.90 bits per heavy atom. The number of likely N-dealkylation sites (tertiary alicyclic amines) is 1. The molecule has 2 unspecified atom stereocenters. The van der Waals surface area contributed by atoms with Gasteiger partial charge in [-0.3, -0.25) is 15.0 Å². The van der Waals surface area contributed by atoms with Gasteiger partial charge in [0.25, 0.3) is 5.69 Å². The molecule has 1 aromatic carbocycles. The van der Waals surface area contributed by atoms with Crippen molar-refractivity contribution < 1.29 is 10.0 Å². The van der Waals surface area contributed by atoms with Crippen molar-refractivity contribution in [1.82, 2.24) is 4.90 Å². The number of nitro benzene ring substituents is 1. The molecule has 0 saturated carbocycles.